The molecule has 0 bridgehead atoms. The lowest BCUT2D eigenvalue weighted by molar-refractivity contribution is -0.137. The maximum Gasteiger partial charge on any atom is 0.246 e. The van der Waals surface area contributed by atoms with Gasteiger partial charge in [-0.2, -0.15) is 4.98 Å². The average molecular weight is 238 g/mol. The van der Waals surface area contributed by atoms with E-state index in [4.69, 9.17) is 4.52 Å². The van der Waals surface area contributed by atoms with Gasteiger partial charge >= 0.3 is 0 Å². The second kappa shape index (κ2) is 4.62. The Morgan fingerprint density at radius 3 is 2.82 bits per heavy atom. The molecule has 1 N–H and O–H groups in total. The molecule has 1 aromatic heterocycles. The first kappa shape index (κ1) is 11.7. The van der Waals surface area contributed by atoms with Crippen LogP contribution >= 0.6 is 0 Å². The number of carbonyl (C=O) groups is 2. The number of nitrogens with one attached hydrogen (secondary N) is 1. The molecule has 0 saturated carbocycles. The van der Waals surface area contributed by atoms with Gasteiger partial charge < -0.3 is 9.84 Å². The van der Waals surface area contributed by atoms with Crippen molar-refractivity contribution < 1.29 is 14.1 Å². The molecule has 1 unspecified atom stereocenters. The Balaban J connectivity index is 1.80. The molecule has 7 nitrogen and oxygen atoms in total. The number of aryl methyl sites for hydroxylation is 1. The van der Waals surface area contributed by atoms with Crippen molar-refractivity contribution in [3.63, 3.8) is 0 Å². The van der Waals surface area contributed by atoms with Crippen molar-refractivity contribution in [1.29, 1.82) is 0 Å². The van der Waals surface area contributed by atoms with Crippen molar-refractivity contribution in [2.24, 2.45) is 0 Å². The zero-order valence-corrected chi connectivity index (χ0v) is 9.77. The van der Waals surface area contributed by atoms with Gasteiger partial charge in [-0.3, -0.25) is 14.5 Å². The number of amides is 2. The van der Waals surface area contributed by atoms with E-state index in [0.717, 1.165) is 4.90 Å². The molecule has 1 aromatic rings. The van der Waals surface area contributed by atoms with Crippen molar-refractivity contribution in [3.05, 3.63) is 11.7 Å². The zero-order valence-electron chi connectivity index (χ0n) is 9.77. The Morgan fingerprint density at radius 1 is 1.53 bits per heavy atom. The van der Waals surface area contributed by atoms with Gasteiger partial charge in [0, 0.05) is 20.0 Å². The quantitative estimate of drug-likeness (QED) is 0.695. The molecule has 0 spiro atoms. The standard InChI is InChI=1S/C10H14N4O3/c1-6-12-8(17-13-6)3-4-11-7-5-9(15)14(2)10(7)16/h7,11H,3-5H2,1-2H3. The highest BCUT2D eigenvalue weighted by atomic mass is 16.5. The molecule has 1 saturated heterocycles. The molecular weight excluding hydrogens is 224 g/mol. The first-order valence-corrected chi connectivity index (χ1v) is 5.41. The lowest BCUT2D eigenvalue weighted by Gasteiger charge is -2.09. The summed E-state index contributed by atoms with van der Waals surface area (Å²) in [5, 5.41) is 6.67. The molecule has 2 heterocycles. The van der Waals surface area contributed by atoms with Gasteiger partial charge in [-0.25, -0.2) is 0 Å². The molecule has 1 aliphatic heterocycles. The molecule has 1 aliphatic rings. The normalized spacial score (nSPS) is 20.4. The average Bonchev–Trinajstić information content (AvgIpc) is 2.80. The molecule has 7 heteroatoms. The van der Waals surface area contributed by atoms with Gasteiger partial charge in [0.25, 0.3) is 0 Å². The molecule has 2 amide bonds. The van der Waals surface area contributed by atoms with Crippen LogP contribution in [0, 0.1) is 6.92 Å². The van der Waals surface area contributed by atoms with Crippen LogP contribution in [0.15, 0.2) is 4.52 Å². The van der Waals surface area contributed by atoms with Crippen molar-refractivity contribution in [2.45, 2.75) is 25.8 Å². The molecule has 1 atom stereocenters. The van der Waals surface area contributed by atoms with E-state index < -0.39 is 6.04 Å². The number of likely N-dealkylation sites (N-methyl/N-ethyl adjacent to an activating group) is 1. The van der Waals surface area contributed by atoms with Crippen molar-refractivity contribution in [3.8, 4) is 0 Å². The number of rotatable bonds is 4. The zero-order chi connectivity index (χ0) is 12.4. The summed E-state index contributed by atoms with van der Waals surface area (Å²) in [6.07, 6.45) is 0.765. The van der Waals surface area contributed by atoms with Crippen LogP contribution in [0.25, 0.3) is 0 Å². The minimum absolute atomic E-state index is 0.152. The Hall–Kier alpha value is -1.76. The summed E-state index contributed by atoms with van der Waals surface area (Å²) in [4.78, 5) is 28.0. The monoisotopic (exact) mass is 238 g/mol. The van der Waals surface area contributed by atoms with Crippen molar-refractivity contribution in [1.82, 2.24) is 20.4 Å². The van der Waals surface area contributed by atoms with Crippen molar-refractivity contribution >= 4 is 11.8 Å². The molecule has 2 rings (SSSR count). The fourth-order valence-electron chi connectivity index (χ4n) is 1.71. The molecule has 0 radical (unpaired) electrons. The Bertz CT molecular complexity index is 443. The van der Waals surface area contributed by atoms with Crippen molar-refractivity contribution in [2.75, 3.05) is 13.6 Å². The lowest BCUT2D eigenvalue weighted by Crippen LogP contribution is -2.38. The summed E-state index contributed by atoms with van der Waals surface area (Å²) < 4.78 is 4.93. The molecular formula is C10H14N4O3. The van der Waals surface area contributed by atoms with Crippen LogP contribution in [-0.2, 0) is 16.0 Å². The number of likely N-dealkylation sites (tertiary alicyclic amines) is 1. The highest BCUT2D eigenvalue weighted by Crippen LogP contribution is 2.10. The number of imide groups is 1. The van der Waals surface area contributed by atoms with E-state index in [9.17, 15) is 9.59 Å². The van der Waals surface area contributed by atoms with E-state index in [-0.39, 0.29) is 18.2 Å². The summed E-state index contributed by atoms with van der Waals surface area (Å²) in [5.74, 6) is 0.782. The van der Waals surface area contributed by atoms with Gasteiger partial charge in [0.2, 0.25) is 17.7 Å². The molecule has 17 heavy (non-hydrogen) atoms. The SMILES string of the molecule is Cc1noc(CCNC2CC(=O)N(C)C2=O)n1. The molecule has 0 aliphatic carbocycles. The van der Waals surface area contributed by atoms with E-state index in [1.165, 1.54) is 7.05 Å². The number of hydrogen-bond donors (Lipinski definition) is 1. The van der Waals surface area contributed by atoms with Crippen LogP contribution in [-0.4, -0.2) is 46.5 Å². The predicted molar refractivity (Wildman–Crippen MR) is 56.9 cm³/mol. The minimum Gasteiger partial charge on any atom is -0.339 e. The fraction of sp³-hybridized carbons (Fsp3) is 0.600. The second-order valence-corrected chi connectivity index (χ2v) is 3.99. The van der Waals surface area contributed by atoms with Gasteiger partial charge in [0.1, 0.15) is 0 Å². The van der Waals surface area contributed by atoms with Crippen LogP contribution in [0.4, 0.5) is 0 Å². The smallest absolute Gasteiger partial charge is 0.246 e. The second-order valence-electron chi connectivity index (χ2n) is 3.99. The predicted octanol–water partition coefficient (Wildman–Crippen LogP) is -0.733. The Morgan fingerprint density at radius 2 is 2.29 bits per heavy atom. The first-order chi connectivity index (χ1) is 8.08. The van der Waals surface area contributed by atoms with E-state index in [1.807, 2.05) is 0 Å². The van der Waals surface area contributed by atoms with Crippen LogP contribution < -0.4 is 5.32 Å². The third-order valence-electron chi connectivity index (χ3n) is 2.68. The van der Waals surface area contributed by atoms with Gasteiger partial charge in [0.15, 0.2) is 5.82 Å². The van der Waals surface area contributed by atoms with Gasteiger partial charge in [-0.15, -0.1) is 0 Å². The number of hydrogen-bond acceptors (Lipinski definition) is 6. The molecule has 1 fully saturated rings. The maximum atomic E-state index is 11.6. The Kier molecular flexibility index (Phi) is 3.19. The van der Waals surface area contributed by atoms with Gasteiger partial charge in [-0.1, -0.05) is 5.16 Å². The van der Waals surface area contributed by atoms with Crippen LogP contribution in [0.5, 0.6) is 0 Å². The third kappa shape index (κ3) is 2.50. The van der Waals surface area contributed by atoms with Gasteiger partial charge in [-0.05, 0) is 6.92 Å². The van der Waals surface area contributed by atoms with Crippen LogP contribution in [0.1, 0.15) is 18.1 Å². The largest absolute Gasteiger partial charge is 0.339 e. The van der Waals surface area contributed by atoms with Gasteiger partial charge in [0.05, 0.1) is 12.5 Å². The molecule has 0 aromatic carbocycles. The number of nitrogens with zero attached hydrogens (tertiary/aromatic N) is 3. The topological polar surface area (TPSA) is 88.3 Å². The number of aromatic nitrogens is 2. The van der Waals surface area contributed by atoms with E-state index >= 15 is 0 Å². The number of carbonyl (C=O) groups excluding carboxylic acids is 2. The summed E-state index contributed by atoms with van der Waals surface area (Å²) in [6, 6.07) is -0.420. The first-order valence-electron chi connectivity index (χ1n) is 5.41. The maximum absolute atomic E-state index is 11.6. The highest BCUT2D eigenvalue weighted by molar-refractivity contribution is 6.05. The summed E-state index contributed by atoms with van der Waals surface area (Å²) >= 11 is 0. The fourth-order valence-corrected chi connectivity index (χ4v) is 1.71. The third-order valence-corrected chi connectivity index (χ3v) is 2.68. The molecule has 92 valence electrons. The van der Waals surface area contributed by atoms with E-state index in [1.54, 1.807) is 6.92 Å². The Labute approximate surface area is 98.2 Å². The van der Waals surface area contributed by atoms with E-state index in [2.05, 4.69) is 15.5 Å². The van der Waals surface area contributed by atoms with Crippen LogP contribution in [0.3, 0.4) is 0 Å². The highest BCUT2D eigenvalue weighted by Gasteiger charge is 2.35. The summed E-state index contributed by atoms with van der Waals surface area (Å²) in [5.41, 5.74) is 0. The summed E-state index contributed by atoms with van der Waals surface area (Å²) in [7, 11) is 1.49. The minimum atomic E-state index is -0.420. The van der Waals surface area contributed by atoms with Crippen LogP contribution in [0.2, 0.25) is 0 Å². The summed E-state index contributed by atoms with van der Waals surface area (Å²) in [6.45, 7) is 2.27. The lowest BCUT2D eigenvalue weighted by atomic mass is 10.2. The van der Waals surface area contributed by atoms with E-state index in [0.29, 0.717) is 24.7 Å².